The van der Waals surface area contributed by atoms with Crippen LogP contribution in [0.15, 0.2) is 36.8 Å². The van der Waals surface area contributed by atoms with Crippen molar-refractivity contribution in [2.75, 3.05) is 6.61 Å². The minimum absolute atomic E-state index is 0.231. The molecule has 0 aliphatic heterocycles. The van der Waals surface area contributed by atoms with Crippen LogP contribution in [-0.4, -0.2) is 31.4 Å². The molecule has 28 heavy (non-hydrogen) atoms. The number of aliphatic hydroxyl groups excluding tert-OH is 1. The molecule has 0 unspecified atom stereocenters. The number of benzene rings is 1. The summed E-state index contributed by atoms with van der Waals surface area (Å²) in [7, 11) is 1.72. The maximum Gasteiger partial charge on any atom is 0.178 e. The summed E-state index contributed by atoms with van der Waals surface area (Å²) in [6, 6.07) is 5.09. The molecular weight excluding hydrogens is 368 g/mol. The first-order valence-electron chi connectivity index (χ1n) is 8.90. The zero-order valence-electron chi connectivity index (χ0n) is 15.1. The number of ether oxygens (including phenoxy) is 1. The summed E-state index contributed by atoms with van der Waals surface area (Å²) in [6.45, 7) is 0.440. The molecule has 1 saturated carbocycles. The molecule has 1 aliphatic rings. The topological polar surface area (TPSA) is 80.4 Å². The first kappa shape index (κ1) is 18.5. The summed E-state index contributed by atoms with van der Waals surface area (Å²) in [5.74, 6) is -1.31. The van der Waals surface area contributed by atoms with Gasteiger partial charge in [0, 0.05) is 30.4 Å². The van der Waals surface area contributed by atoms with Crippen LogP contribution in [0.2, 0.25) is 0 Å². The molecule has 2 N–H and O–H groups in total. The highest BCUT2D eigenvalue weighted by atomic mass is 19.2. The molecule has 6 nitrogen and oxygen atoms in total. The molecule has 2 aromatic heterocycles. The van der Waals surface area contributed by atoms with Gasteiger partial charge in [-0.05, 0) is 37.0 Å². The van der Waals surface area contributed by atoms with Crippen molar-refractivity contribution < 1.29 is 23.7 Å². The molecule has 2 heterocycles. The van der Waals surface area contributed by atoms with Crippen molar-refractivity contribution in [3.8, 4) is 28.4 Å². The van der Waals surface area contributed by atoms with Crippen molar-refractivity contribution in [2.24, 2.45) is 13.0 Å². The molecule has 0 bridgehead atoms. The molecule has 1 aromatic carbocycles. The third-order valence-corrected chi connectivity index (χ3v) is 4.71. The minimum atomic E-state index is -1.66. The van der Waals surface area contributed by atoms with E-state index in [9.17, 15) is 19.0 Å². The van der Waals surface area contributed by atoms with E-state index in [1.54, 1.807) is 11.6 Å². The van der Waals surface area contributed by atoms with Crippen molar-refractivity contribution >= 4 is 0 Å². The van der Waals surface area contributed by atoms with Crippen molar-refractivity contribution in [1.29, 1.82) is 0 Å². The maximum atomic E-state index is 14.1. The number of aliphatic hydroxyl groups is 2. The number of hydrogen-bond acceptors (Lipinski definition) is 5. The molecule has 1 aliphatic carbocycles. The Bertz CT molecular complexity index is 1020. The third kappa shape index (κ3) is 3.61. The lowest BCUT2D eigenvalue weighted by Crippen LogP contribution is -2.04. The number of halogens is 2. The average Bonchev–Trinajstić information content (AvgIpc) is 3.43. The van der Waals surface area contributed by atoms with Gasteiger partial charge in [0.15, 0.2) is 17.9 Å². The van der Waals surface area contributed by atoms with E-state index in [1.807, 2.05) is 0 Å². The van der Waals surface area contributed by atoms with Crippen LogP contribution in [0.25, 0.3) is 22.6 Å². The lowest BCUT2D eigenvalue weighted by atomic mass is 10.0. The fourth-order valence-corrected chi connectivity index (χ4v) is 3.00. The van der Waals surface area contributed by atoms with E-state index in [0.29, 0.717) is 35.2 Å². The standard InChI is InChI=1S/C20H19F2N3O3/c1-25-10-24-18(16-6-12(20(26)27)4-5-23-16)19(25)13-7-14(21)15(22)8-17(13)28-9-11-2-3-11/h4-8,10-11,20,26-27H,2-3,9H2,1H3. The monoisotopic (exact) mass is 387 g/mol. The van der Waals surface area contributed by atoms with E-state index in [0.717, 1.165) is 25.0 Å². The number of pyridine rings is 1. The highest BCUT2D eigenvalue weighted by molar-refractivity contribution is 5.80. The number of rotatable bonds is 6. The van der Waals surface area contributed by atoms with Gasteiger partial charge in [-0.2, -0.15) is 0 Å². The van der Waals surface area contributed by atoms with Gasteiger partial charge in [-0.15, -0.1) is 0 Å². The molecule has 8 heteroatoms. The van der Waals surface area contributed by atoms with Gasteiger partial charge in [-0.1, -0.05) is 0 Å². The second kappa shape index (κ2) is 7.29. The predicted octanol–water partition coefficient (Wildman–Crippen LogP) is 3.20. The molecular formula is C20H19F2N3O3. The van der Waals surface area contributed by atoms with Gasteiger partial charge >= 0.3 is 0 Å². The summed E-state index contributed by atoms with van der Waals surface area (Å²) in [5, 5.41) is 18.8. The Morgan fingerprint density at radius 1 is 1.18 bits per heavy atom. The lowest BCUT2D eigenvalue weighted by Gasteiger charge is -2.14. The van der Waals surface area contributed by atoms with Crippen molar-refractivity contribution in [3.05, 3.63) is 54.0 Å². The number of imidazole rings is 1. The molecule has 0 atom stereocenters. The summed E-state index contributed by atoms with van der Waals surface area (Å²) in [5.41, 5.74) is 1.86. The largest absolute Gasteiger partial charge is 0.492 e. The summed E-state index contributed by atoms with van der Waals surface area (Å²) >= 11 is 0. The van der Waals surface area contributed by atoms with E-state index in [4.69, 9.17) is 4.74 Å². The number of aryl methyl sites for hydroxylation is 1. The number of hydrogen-bond donors (Lipinski definition) is 2. The summed E-state index contributed by atoms with van der Waals surface area (Å²) in [4.78, 5) is 8.57. The Hall–Kier alpha value is -2.84. The van der Waals surface area contributed by atoms with Crippen molar-refractivity contribution in [1.82, 2.24) is 14.5 Å². The van der Waals surface area contributed by atoms with Crippen LogP contribution in [0.3, 0.4) is 0 Å². The van der Waals surface area contributed by atoms with Crippen LogP contribution in [-0.2, 0) is 7.05 Å². The number of nitrogens with zero attached hydrogens (tertiary/aromatic N) is 3. The fraction of sp³-hybridized carbons (Fsp3) is 0.300. The van der Waals surface area contributed by atoms with Gasteiger partial charge in [-0.3, -0.25) is 4.98 Å². The fourth-order valence-electron chi connectivity index (χ4n) is 3.00. The summed E-state index contributed by atoms with van der Waals surface area (Å²) in [6.07, 6.45) is 3.43. The van der Waals surface area contributed by atoms with Crippen LogP contribution in [0.1, 0.15) is 24.7 Å². The van der Waals surface area contributed by atoms with Crippen molar-refractivity contribution in [2.45, 2.75) is 19.1 Å². The second-order valence-electron chi connectivity index (χ2n) is 6.92. The van der Waals surface area contributed by atoms with Crippen LogP contribution in [0, 0.1) is 17.6 Å². The van der Waals surface area contributed by atoms with Crippen LogP contribution >= 0.6 is 0 Å². The third-order valence-electron chi connectivity index (χ3n) is 4.71. The summed E-state index contributed by atoms with van der Waals surface area (Å²) < 4.78 is 35.4. The Morgan fingerprint density at radius 2 is 1.93 bits per heavy atom. The Labute approximate surface area is 160 Å². The molecule has 3 aromatic rings. The Morgan fingerprint density at radius 3 is 2.64 bits per heavy atom. The minimum Gasteiger partial charge on any atom is -0.492 e. The molecule has 146 valence electrons. The van der Waals surface area contributed by atoms with Crippen molar-refractivity contribution in [3.63, 3.8) is 0 Å². The van der Waals surface area contributed by atoms with Crippen LogP contribution < -0.4 is 4.74 Å². The molecule has 0 amide bonds. The lowest BCUT2D eigenvalue weighted by molar-refractivity contribution is -0.0425. The highest BCUT2D eigenvalue weighted by Crippen LogP contribution is 2.39. The van der Waals surface area contributed by atoms with E-state index in [1.165, 1.54) is 24.7 Å². The predicted molar refractivity (Wildman–Crippen MR) is 97.2 cm³/mol. The Kier molecular flexibility index (Phi) is 4.82. The van der Waals surface area contributed by atoms with Gasteiger partial charge in [-0.25, -0.2) is 13.8 Å². The molecule has 0 radical (unpaired) electrons. The average molecular weight is 387 g/mol. The van der Waals surface area contributed by atoms with E-state index < -0.39 is 17.9 Å². The van der Waals surface area contributed by atoms with Gasteiger partial charge < -0.3 is 19.5 Å². The van der Waals surface area contributed by atoms with Gasteiger partial charge in [0.1, 0.15) is 11.4 Å². The van der Waals surface area contributed by atoms with E-state index in [2.05, 4.69) is 9.97 Å². The first-order chi connectivity index (χ1) is 13.4. The van der Waals surface area contributed by atoms with E-state index >= 15 is 0 Å². The van der Waals surface area contributed by atoms with Crippen LogP contribution in [0.4, 0.5) is 8.78 Å². The quantitative estimate of drug-likeness (QED) is 0.635. The molecule has 4 rings (SSSR count). The highest BCUT2D eigenvalue weighted by Gasteiger charge is 2.25. The Balaban J connectivity index is 1.83. The van der Waals surface area contributed by atoms with Crippen LogP contribution in [0.5, 0.6) is 5.75 Å². The maximum absolute atomic E-state index is 14.1. The molecule has 0 saturated heterocycles. The van der Waals surface area contributed by atoms with Gasteiger partial charge in [0.25, 0.3) is 0 Å². The molecule has 0 spiro atoms. The SMILES string of the molecule is Cn1cnc(-c2cc(C(O)O)ccn2)c1-c1cc(F)c(F)cc1OCC1CC1. The molecule has 1 fully saturated rings. The second-order valence-corrected chi connectivity index (χ2v) is 6.92. The van der Waals surface area contributed by atoms with Gasteiger partial charge in [0.05, 0.1) is 24.3 Å². The smallest absolute Gasteiger partial charge is 0.178 e. The van der Waals surface area contributed by atoms with Gasteiger partial charge in [0.2, 0.25) is 0 Å². The normalized spacial score (nSPS) is 13.9. The number of aromatic nitrogens is 3. The van der Waals surface area contributed by atoms with E-state index in [-0.39, 0.29) is 11.3 Å². The zero-order chi connectivity index (χ0) is 19.8. The zero-order valence-corrected chi connectivity index (χ0v) is 15.1. The first-order valence-corrected chi connectivity index (χ1v) is 8.90.